The summed E-state index contributed by atoms with van der Waals surface area (Å²) in [5.74, 6) is -0.545. The van der Waals surface area contributed by atoms with Crippen molar-refractivity contribution in [1.82, 2.24) is 9.62 Å². The molecule has 0 aromatic heterocycles. The fourth-order valence-electron chi connectivity index (χ4n) is 2.49. The molecule has 2 atom stereocenters. The van der Waals surface area contributed by atoms with E-state index in [1.807, 2.05) is 0 Å². The van der Waals surface area contributed by atoms with Crippen molar-refractivity contribution in [2.24, 2.45) is 0 Å². The Hall–Kier alpha value is -1.02. The largest absolute Gasteiger partial charge is 0.370 e. The Bertz CT molecular complexity index is 566. The molecule has 1 aromatic carbocycles. The van der Waals surface area contributed by atoms with E-state index in [0.29, 0.717) is 26.2 Å². The third kappa shape index (κ3) is 2.51. The molecular weight excluding hydrogens is 271 g/mol. The predicted octanol–water partition coefficient (Wildman–Crippen LogP) is 0.187. The molecule has 2 fully saturated rings. The van der Waals surface area contributed by atoms with Crippen molar-refractivity contribution in [3.8, 4) is 0 Å². The third-order valence-electron chi connectivity index (χ3n) is 3.38. The van der Waals surface area contributed by atoms with E-state index >= 15 is 0 Å². The van der Waals surface area contributed by atoms with Gasteiger partial charge in [-0.05, 0) is 18.2 Å². The first-order chi connectivity index (χ1) is 9.05. The van der Waals surface area contributed by atoms with Crippen molar-refractivity contribution >= 4 is 10.0 Å². The van der Waals surface area contributed by atoms with Crippen molar-refractivity contribution in [2.75, 3.05) is 26.2 Å². The van der Waals surface area contributed by atoms with Gasteiger partial charge in [-0.1, -0.05) is 6.07 Å². The third-order valence-corrected chi connectivity index (χ3v) is 5.20. The molecule has 2 aliphatic heterocycles. The summed E-state index contributed by atoms with van der Waals surface area (Å²) in [6.45, 7) is 1.90. The number of hydrogen-bond acceptors (Lipinski definition) is 4. The van der Waals surface area contributed by atoms with Crippen LogP contribution in [0.1, 0.15) is 0 Å². The van der Waals surface area contributed by atoms with Crippen LogP contribution in [0, 0.1) is 5.82 Å². The van der Waals surface area contributed by atoms with Gasteiger partial charge in [0.05, 0.1) is 17.1 Å². The van der Waals surface area contributed by atoms with E-state index in [4.69, 9.17) is 4.74 Å². The normalized spacial score (nSPS) is 28.3. The lowest BCUT2D eigenvalue weighted by Gasteiger charge is -2.41. The van der Waals surface area contributed by atoms with Crippen LogP contribution in [0.25, 0.3) is 0 Å². The lowest BCUT2D eigenvalue weighted by Crippen LogP contribution is -2.59. The molecule has 104 valence electrons. The van der Waals surface area contributed by atoms with Crippen LogP contribution in [0.2, 0.25) is 0 Å². The molecule has 0 saturated carbocycles. The fourth-order valence-corrected chi connectivity index (χ4v) is 4.03. The highest BCUT2D eigenvalue weighted by Gasteiger charge is 2.37. The van der Waals surface area contributed by atoms with Gasteiger partial charge in [-0.2, -0.15) is 4.31 Å². The highest BCUT2D eigenvalue weighted by atomic mass is 32.2. The number of sulfonamides is 1. The van der Waals surface area contributed by atoms with Crippen LogP contribution >= 0.6 is 0 Å². The molecule has 1 aromatic rings. The topological polar surface area (TPSA) is 58.6 Å². The molecule has 2 heterocycles. The van der Waals surface area contributed by atoms with Crippen molar-refractivity contribution in [1.29, 1.82) is 0 Å². The Labute approximate surface area is 111 Å². The van der Waals surface area contributed by atoms with E-state index in [-0.39, 0.29) is 17.1 Å². The predicted molar refractivity (Wildman–Crippen MR) is 66.7 cm³/mol. The van der Waals surface area contributed by atoms with E-state index in [2.05, 4.69) is 5.32 Å². The molecule has 7 heteroatoms. The summed E-state index contributed by atoms with van der Waals surface area (Å²) in [5.41, 5.74) is 0. The van der Waals surface area contributed by atoms with Gasteiger partial charge in [0, 0.05) is 26.2 Å². The molecule has 3 rings (SSSR count). The second-order valence-corrected chi connectivity index (χ2v) is 6.76. The SMILES string of the molecule is O=S(=O)(c1cccc(F)c1)N1CC2CNCC(C1)O2. The maximum absolute atomic E-state index is 13.2. The van der Waals surface area contributed by atoms with Gasteiger partial charge in [0.15, 0.2) is 0 Å². The molecule has 0 aliphatic carbocycles. The fraction of sp³-hybridized carbons (Fsp3) is 0.500. The quantitative estimate of drug-likeness (QED) is 0.843. The molecule has 0 radical (unpaired) electrons. The van der Waals surface area contributed by atoms with Gasteiger partial charge in [-0.25, -0.2) is 12.8 Å². The summed E-state index contributed by atoms with van der Waals surface area (Å²) in [4.78, 5) is 0.000401. The monoisotopic (exact) mass is 286 g/mol. The van der Waals surface area contributed by atoms with E-state index < -0.39 is 15.8 Å². The zero-order valence-electron chi connectivity index (χ0n) is 10.3. The van der Waals surface area contributed by atoms with Crippen molar-refractivity contribution in [2.45, 2.75) is 17.1 Å². The number of ether oxygens (including phenoxy) is 1. The molecular formula is C12H15FN2O3S. The number of nitrogens with one attached hydrogen (secondary N) is 1. The number of hydrogen-bond donors (Lipinski definition) is 1. The first-order valence-corrected chi connectivity index (χ1v) is 7.61. The van der Waals surface area contributed by atoms with Crippen LogP contribution in [0.5, 0.6) is 0 Å². The van der Waals surface area contributed by atoms with Gasteiger partial charge >= 0.3 is 0 Å². The van der Waals surface area contributed by atoms with Gasteiger partial charge in [0.1, 0.15) is 5.82 Å². The van der Waals surface area contributed by atoms with E-state index in [1.54, 1.807) is 0 Å². The summed E-state index contributed by atoms with van der Waals surface area (Å²) in [7, 11) is -3.64. The number of morpholine rings is 2. The van der Waals surface area contributed by atoms with E-state index in [1.165, 1.54) is 22.5 Å². The Morgan fingerprint density at radius 3 is 2.58 bits per heavy atom. The number of benzene rings is 1. The number of fused-ring (bicyclic) bond motifs is 2. The Kier molecular flexibility index (Phi) is 3.30. The molecule has 5 nitrogen and oxygen atoms in total. The van der Waals surface area contributed by atoms with Crippen LogP contribution in [-0.2, 0) is 14.8 Å². The average molecular weight is 286 g/mol. The first kappa shape index (κ1) is 13.0. The molecule has 2 unspecified atom stereocenters. The Morgan fingerprint density at radius 2 is 1.95 bits per heavy atom. The minimum atomic E-state index is -3.64. The molecule has 0 amide bonds. The van der Waals surface area contributed by atoms with Crippen LogP contribution in [0.3, 0.4) is 0 Å². The lowest BCUT2D eigenvalue weighted by molar-refractivity contribution is -0.0824. The molecule has 1 N–H and O–H groups in total. The molecule has 2 aliphatic rings. The maximum Gasteiger partial charge on any atom is 0.243 e. The Balaban J connectivity index is 1.88. The number of halogens is 1. The summed E-state index contributed by atoms with van der Waals surface area (Å²) >= 11 is 0. The highest BCUT2D eigenvalue weighted by molar-refractivity contribution is 7.89. The van der Waals surface area contributed by atoms with Crippen LogP contribution in [0.15, 0.2) is 29.2 Å². The zero-order valence-corrected chi connectivity index (χ0v) is 11.1. The number of rotatable bonds is 2. The average Bonchev–Trinajstić information content (AvgIpc) is 2.38. The van der Waals surface area contributed by atoms with E-state index in [0.717, 1.165) is 6.07 Å². The van der Waals surface area contributed by atoms with Gasteiger partial charge in [0.25, 0.3) is 0 Å². The molecule has 2 saturated heterocycles. The van der Waals surface area contributed by atoms with Crippen LogP contribution in [-0.4, -0.2) is 51.1 Å². The minimum absolute atomic E-state index is 0.000401. The van der Waals surface area contributed by atoms with E-state index in [9.17, 15) is 12.8 Å². The van der Waals surface area contributed by atoms with Crippen molar-refractivity contribution < 1.29 is 17.5 Å². The second-order valence-electron chi connectivity index (χ2n) is 4.82. The van der Waals surface area contributed by atoms with Crippen molar-refractivity contribution in [3.63, 3.8) is 0 Å². The van der Waals surface area contributed by atoms with Crippen LogP contribution in [0.4, 0.5) is 4.39 Å². The molecule has 19 heavy (non-hydrogen) atoms. The summed E-state index contributed by atoms with van der Waals surface area (Å²) < 4.78 is 45.1. The maximum atomic E-state index is 13.2. The zero-order chi connectivity index (χ0) is 13.5. The van der Waals surface area contributed by atoms with Gasteiger partial charge in [-0.3, -0.25) is 0 Å². The summed E-state index contributed by atoms with van der Waals surface area (Å²) in [6, 6.07) is 5.11. The molecule has 0 spiro atoms. The Morgan fingerprint density at radius 1 is 1.26 bits per heavy atom. The van der Waals surface area contributed by atoms with Crippen LogP contribution < -0.4 is 5.32 Å². The first-order valence-electron chi connectivity index (χ1n) is 6.17. The van der Waals surface area contributed by atoms with Gasteiger partial charge < -0.3 is 10.1 Å². The second kappa shape index (κ2) is 4.82. The molecule has 2 bridgehead atoms. The smallest absolute Gasteiger partial charge is 0.243 e. The minimum Gasteiger partial charge on any atom is -0.370 e. The van der Waals surface area contributed by atoms with Gasteiger partial charge in [0.2, 0.25) is 10.0 Å². The standard InChI is InChI=1S/C12H15FN2O3S/c13-9-2-1-3-12(4-9)19(16,17)15-7-10-5-14-6-11(8-15)18-10/h1-4,10-11,14H,5-8H2. The van der Waals surface area contributed by atoms with Gasteiger partial charge in [-0.15, -0.1) is 0 Å². The summed E-state index contributed by atoms with van der Waals surface area (Å²) in [5, 5.41) is 3.20. The summed E-state index contributed by atoms with van der Waals surface area (Å²) in [6.07, 6.45) is -0.258. The highest BCUT2D eigenvalue weighted by Crippen LogP contribution is 2.22. The lowest BCUT2D eigenvalue weighted by atomic mass is 10.2. The van der Waals surface area contributed by atoms with Crippen molar-refractivity contribution in [3.05, 3.63) is 30.1 Å². The number of nitrogens with zero attached hydrogens (tertiary/aromatic N) is 1.